The lowest BCUT2D eigenvalue weighted by Crippen LogP contribution is -2.45. The molecular formula is C28H38F2N4O. The van der Waals surface area contributed by atoms with Gasteiger partial charge in [0.25, 0.3) is 11.8 Å². The normalized spacial score (nSPS) is 14.7. The Kier molecular flexibility index (Phi) is 9.41. The summed E-state index contributed by atoms with van der Waals surface area (Å²) in [7, 11) is 1.61. The molecule has 190 valence electrons. The first-order chi connectivity index (χ1) is 16.2. The fourth-order valence-electron chi connectivity index (χ4n) is 3.54. The zero-order valence-corrected chi connectivity index (χ0v) is 22.1. The van der Waals surface area contributed by atoms with Crippen LogP contribution in [-0.2, 0) is 5.92 Å². The molecule has 5 nitrogen and oxygen atoms in total. The predicted octanol–water partition coefficient (Wildman–Crippen LogP) is 7.79. The molecule has 2 aromatic carbocycles. The number of carbonyl (C=O) groups excluding carboxylic acids is 1. The van der Waals surface area contributed by atoms with Crippen LogP contribution in [0.1, 0.15) is 75.9 Å². The molecule has 7 heteroatoms. The van der Waals surface area contributed by atoms with E-state index in [1.807, 2.05) is 32.0 Å². The average molecular weight is 485 g/mol. The second-order valence-corrected chi connectivity index (χ2v) is 10.2. The SMILES string of the molecule is CN=N/N=C(\C)C(C)C.Cc1cc(C(=O)NC(C)(C)C2CC2)cc(-c2ccc(C(C)(F)F)cc2)c1. The number of carbonyl (C=O) groups is 1. The van der Waals surface area contributed by atoms with Crippen LogP contribution < -0.4 is 5.32 Å². The van der Waals surface area contributed by atoms with Crippen molar-refractivity contribution in [1.82, 2.24) is 5.32 Å². The summed E-state index contributed by atoms with van der Waals surface area (Å²) in [6, 6.07) is 11.9. The topological polar surface area (TPSA) is 66.2 Å². The molecule has 1 aliphatic rings. The molecule has 0 aromatic heterocycles. The van der Waals surface area contributed by atoms with Gasteiger partial charge in [0.15, 0.2) is 0 Å². The maximum atomic E-state index is 13.4. The van der Waals surface area contributed by atoms with Gasteiger partial charge in [-0.05, 0) is 81.2 Å². The third-order valence-corrected chi connectivity index (χ3v) is 6.23. The molecule has 1 amide bonds. The number of hydrogen-bond acceptors (Lipinski definition) is 3. The lowest BCUT2D eigenvalue weighted by molar-refractivity contribution is 0.0175. The molecule has 0 aliphatic heterocycles. The number of aryl methyl sites for hydroxylation is 1. The van der Waals surface area contributed by atoms with Gasteiger partial charge in [-0.25, -0.2) is 8.78 Å². The van der Waals surface area contributed by atoms with Crippen LogP contribution in [-0.4, -0.2) is 24.2 Å². The van der Waals surface area contributed by atoms with E-state index in [0.29, 0.717) is 17.4 Å². The van der Waals surface area contributed by atoms with E-state index in [4.69, 9.17) is 0 Å². The summed E-state index contributed by atoms with van der Waals surface area (Å²) in [5, 5.41) is 13.9. The maximum Gasteiger partial charge on any atom is 0.270 e. The summed E-state index contributed by atoms with van der Waals surface area (Å²) >= 11 is 0. The molecule has 3 rings (SSSR count). The van der Waals surface area contributed by atoms with E-state index in [0.717, 1.165) is 42.2 Å². The summed E-state index contributed by atoms with van der Waals surface area (Å²) in [4.78, 5) is 12.7. The van der Waals surface area contributed by atoms with Crippen LogP contribution in [0.25, 0.3) is 11.1 Å². The van der Waals surface area contributed by atoms with Crippen LogP contribution >= 0.6 is 0 Å². The Balaban J connectivity index is 0.000000410. The molecule has 1 N–H and O–H groups in total. The predicted molar refractivity (Wildman–Crippen MR) is 139 cm³/mol. The fraction of sp³-hybridized carbons (Fsp3) is 0.500. The van der Waals surface area contributed by atoms with Crippen molar-refractivity contribution < 1.29 is 13.6 Å². The summed E-state index contributed by atoms with van der Waals surface area (Å²) in [6.07, 6.45) is 2.31. The zero-order valence-electron chi connectivity index (χ0n) is 22.1. The van der Waals surface area contributed by atoms with Crippen molar-refractivity contribution in [2.24, 2.45) is 27.3 Å². The van der Waals surface area contributed by atoms with Gasteiger partial charge in [0.2, 0.25) is 0 Å². The Hall–Kier alpha value is -2.96. The number of alkyl halides is 2. The van der Waals surface area contributed by atoms with E-state index < -0.39 is 5.92 Å². The number of nitrogens with zero attached hydrogens (tertiary/aromatic N) is 3. The van der Waals surface area contributed by atoms with E-state index >= 15 is 0 Å². The van der Waals surface area contributed by atoms with Gasteiger partial charge in [-0.2, -0.15) is 5.11 Å². The van der Waals surface area contributed by atoms with Gasteiger partial charge in [-0.1, -0.05) is 49.4 Å². The molecule has 2 aromatic rings. The number of halogens is 2. The molecule has 0 heterocycles. The van der Waals surface area contributed by atoms with Crippen LogP contribution in [0.4, 0.5) is 8.78 Å². The molecule has 0 bridgehead atoms. The van der Waals surface area contributed by atoms with Gasteiger partial charge in [0.1, 0.15) is 0 Å². The molecule has 0 saturated heterocycles. The molecule has 0 radical (unpaired) electrons. The van der Waals surface area contributed by atoms with E-state index in [1.54, 1.807) is 19.2 Å². The van der Waals surface area contributed by atoms with Gasteiger partial charge < -0.3 is 5.32 Å². The van der Waals surface area contributed by atoms with Crippen LogP contribution in [0.15, 0.2) is 57.9 Å². The van der Waals surface area contributed by atoms with E-state index in [2.05, 4.69) is 48.5 Å². The molecule has 1 aliphatic carbocycles. The Morgan fingerprint density at radius 2 is 1.63 bits per heavy atom. The van der Waals surface area contributed by atoms with Crippen LogP contribution in [0.3, 0.4) is 0 Å². The molecule has 0 atom stereocenters. The standard InChI is InChI=1S/C22H25F2NO.C6H13N3/c1-14-11-16(15-5-7-19(8-6-15)22(4,23)24)13-17(12-14)20(26)25-21(2,3)18-9-10-18;1-5(2)6(3)8-9-7-4/h5-8,11-13,18H,9-10H2,1-4H3,(H,25,26);5H,1-4H3/b;8-6+,9-7?. The van der Waals surface area contributed by atoms with Gasteiger partial charge in [-0.15, -0.1) is 5.10 Å². The number of rotatable bonds is 7. The minimum Gasteiger partial charge on any atom is -0.347 e. The van der Waals surface area contributed by atoms with Gasteiger partial charge in [0.05, 0.1) is 7.05 Å². The molecule has 0 spiro atoms. The molecule has 0 unspecified atom stereocenters. The first-order valence-electron chi connectivity index (χ1n) is 12.0. The van der Waals surface area contributed by atoms with Crippen LogP contribution in [0, 0.1) is 18.8 Å². The van der Waals surface area contributed by atoms with Gasteiger partial charge >= 0.3 is 0 Å². The van der Waals surface area contributed by atoms with Crippen LogP contribution in [0.2, 0.25) is 0 Å². The van der Waals surface area contributed by atoms with Gasteiger partial charge in [-0.3, -0.25) is 4.79 Å². The van der Waals surface area contributed by atoms with Crippen molar-refractivity contribution in [2.45, 2.75) is 72.8 Å². The minimum absolute atomic E-state index is 0.0157. The fourth-order valence-corrected chi connectivity index (χ4v) is 3.54. The first-order valence-corrected chi connectivity index (χ1v) is 12.0. The second-order valence-electron chi connectivity index (χ2n) is 10.2. The van der Waals surface area contributed by atoms with E-state index in [9.17, 15) is 13.6 Å². The van der Waals surface area contributed by atoms with E-state index in [-0.39, 0.29) is 17.0 Å². The monoisotopic (exact) mass is 484 g/mol. The third-order valence-electron chi connectivity index (χ3n) is 6.23. The van der Waals surface area contributed by atoms with Crippen molar-refractivity contribution in [3.05, 3.63) is 59.2 Å². The third kappa shape index (κ3) is 8.64. The quantitative estimate of drug-likeness (QED) is 0.243. The number of hydrogen-bond donors (Lipinski definition) is 1. The smallest absolute Gasteiger partial charge is 0.270 e. The zero-order chi connectivity index (χ0) is 26.4. The maximum absolute atomic E-state index is 13.4. The summed E-state index contributed by atoms with van der Waals surface area (Å²) in [5.74, 6) is -1.94. The summed E-state index contributed by atoms with van der Waals surface area (Å²) in [5.41, 5.74) is 4.01. The minimum atomic E-state index is -2.86. The molecule has 1 saturated carbocycles. The number of benzene rings is 2. The number of nitrogens with one attached hydrogen (secondary N) is 1. The van der Waals surface area contributed by atoms with Crippen molar-refractivity contribution >= 4 is 11.6 Å². The number of amides is 1. The Bertz CT molecular complexity index is 1060. The molecular weight excluding hydrogens is 446 g/mol. The van der Waals surface area contributed by atoms with Gasteiger partial charge in [0, 0.05) is 29.3 Å². The lowest BCUT2D eigenvalue weighted by Gasteiger charge is -2.26. The van der Waals surface area contributed by atoms with Crippen molar-refractivity contribution in [3.8, 4) is 11.1 Å². The Morgan fingerprint density at radius 1 is 1.03 bits per heavy atom. The Labute approximate surface area is 208 Å². The van der Waals surface area contributed by atoms with Crippen molar-refractivity contribution in [1.29, 1.82) is 0 Å². The highest BCUT2D eigenvalue weighted by molar-refractivity contribution is 5.96. The van der Waals surface area contributed by atoms with E-state index in [1.165, 1.54) is 12.1 Å². The van der Waals surface area contributed by atoms with Crippen molar-refractivity contribution in [2.75, 3.05) is 7.05 Å². The Morgan fingerprint density at radius 3 is 2.11 bits per heavy atom. The average Bonchev–Trinajstić information content (AvgIpc) is 3.63. The lowest BCUT2D eigenvalue weighted by atomic mass is 9.96. The highest BCUT2D eigenvalue weighted by Gasteiger charge is 2.38. The highest BCUT2D eigenvalue weighted by Crippen LogP contribution is 2.39. The highest BCUT2D eigenvalue weighted by atomic mass is 19.3. The summed E-state index contributed by atoms with van der Waals surface area (Å²) < 4.78 is 26.8. The molecule has 1 fully saturated rings. The summed E-state index contributed by atoms with van der Waals surface area (Å²) in [6.45, 7) is 13.0. The largest absolute Gasteiger partial charge is 0.347 e. The molecule has 35 heavy (non-hydrogen) atoms. The first kappa shape index (κ1) is 28.3. The van der Waals surface area contributed by atoms with Crippen molar-refractivity contribution in [3.63, 3.8) is 0 Å². The second kappa shape index (κ2) is 11.6. The van der Waals surface area contributed by atoms with Crippen LogP contribution in [0.5, 0.6) is 0 Å².